The van der Waals surface area contributed by atoms with Gasteiger partial charge in [0.05, 0.1) is 29.8 Å². The van der Waals surface area contributed by atoms with Gasteiger partial charge in [-0.15, -0.1) is 0 Å². The summed E-state index contributed by atoms with van der Waals surface area (Å²) in [7, 11) is 0. The number of hydrogen-bond acceptors (Lipinski definition) is 9. The maximum atomic E-state index is 12.8. The van der Waals surface area contributed by atoms with Crippen molar-refractivity contribution in [1.29, 1.82) is 0 Å². The number of aromatic hydroxyl groups is 1. The van der Waals surface area contributed by atoms with E-state index in [0.29, 0.717) is 25.7 Å². The molecule has 0 unspecified atom stereocenters. The van der Waals surface area contributed by atoms with Crippen LogP contribution in [0.3, 0.4) is 0 Å². The summed E-state index contributed by atoms with van der Waals surface area (Å²) >= 11 is 0. The van der Waals surface area contributed by atoms with Crippen molar-refractivity contribution in [2.45, 2.75) is 89.0 Å². The number of allylic oxidation sites excluding steroid dienone is 2. The van der Waals surface area contributed by atoms with E-state index in [2.05, 4.69) is 0 Å². The standard InChI is InChI=1S/C24H32O9/c1-14(7-10-18(26)22(2,3)30)6-5-11-23(4)19(27)13-24(33-23)21(29)31-17-12-15(25)8-9-16(17)20(28)32-24/h6,8-9,12,18-19,25-27,30H,5,7,10-11,13H2,1-4H3/t18-,19-,23+,24+/m0/s1. The van der Waals surface area contributed by atoms with Crippen LogP contribution in [0.15, 0.2) is 29.8 Å². The van der Waals surface area contributed by atoms with Crippen molar-refractivity contribution >= 4 is 11.9 Å². The van der Waals surface area contributed by atoms with Gasteiger partial charge in [0.2, 0.25) is 0 Å². The second kappa shape index (κ2) is 9.06. The molecule has 2 aliphatic rings. The summed E-state index contributed by atoms with van der Waals surface area (Å²) in [6.45, 7) is 6.65. The van der Waals surface area contributed by atoms with Crippen LogP contribution in [-0.4, -0.2) is 61.6 Å². The van der Waals surface area contributed by atoms with Gasteiger partial charge in [0.15, 0.2) is 0 Å². The van der Waals surface area contributed by atoms with E-state index in [0.717, 1.165) is 11.6 Å². The van der Waals surface area contributed by atoms with Crippen molar-refractivity contribution in [2.24, 2.45) is 0 Å². The summed E-state index contributed by atoms with van der Waals surface area (Å²) in [5.41, 5.74) is -1.38. The molecular weight excluding hydrogens is 432 g/mol. The topological polar surface area (TPSA) is 143 Å². The summed E-state index contributed by atoms with van der Waals surface area (Å²) in [5.74, 6) is -4.24. The smallest absolute Gasteiger partial charge is 0.385 e. The van der Waals surface area contributed by atoms with Crippen molar-refractivity contribution in [3.05, 3.63) is 35.4 Å². The predicted molar refractivity (Wildman–Crippen MR) is 117 cm³/mol. The molecule has 9 nitrogen and oxygen atoms in total. The van der Waals surface area contributed by atoms with Crippen LogP contribution in [0.2, 0.25) is 0 Å². The molecule has 0 aliphatic carbocycles. The number of aliphatic hydroxyl groups excluding tert-OH is 2. The van der Waals surface area contributed by atoms with Crippen LogP contribution in [0.5, 0.6) is 11.5 Å². The molecule has 182 valence electrons. The fraction of sp³-hybridized carbons (Fsp3) is 0.583. The van der Waals surface area contributed by atoms with Crippen molar-refractivity contribution in [2.75, 3.05) is 0 Å². The number of ether oxygens (including phenoxy) is 3. The Hall–Kier alpha value is -2.46. The van der Waals surface area contributed by atoms with E-state index in [1.165, 1.54) is 12.1 Å². The highest BCUT2D eigenvalue weighted by molar-refractivity contribution is 5.98. The SMILES string of the molecule is CC(=CCC[C@@]1(C)O[C@@]2(C[C@@H]1O)OC(=O)c1ccc(O)cc1OC2=O)CC[C@H](O)C(C)(C)O. The first-order valence-corrected chi connectivity index (χ1v) is 11.0. The minimum atomic E-state index is -2.09. The van der Waals surface area contributed by atoms with Gasteiger partial charge in [0.25, 0.3) is 0 Å². The van der Waals surface area contributed by atoms with Gasteiger partial charge in [-0.3, -0.25) is 0 Å². The van der Waals surface area contributed by atoms with Gasteiger partial charge in [-0.1, -0.05) is 11.6 Å². The van der Waals surface area contributed by atoms with Gasteiger partial charge >= 0.3 is 17.7 Å². The second-order valence-electron chi connectivity index (χ2n) is 9.64. The number of esters is 2. The second-order valence-corrected chi connectivity index (χ2v) is 9.64. The Morgan fingerprint density at radius 2 is 2.03 bits per heavy atom. The Morgan fingerprint density at radius 1 is 1.33 bits per heavy atom. The number of benzene rings is 1. The van der Waals surface area contributed by atoms with E-state index in [9.17, 15) is 30.0 Å². The van der Waals surface area contributed by atoms with Crippen LogP contribution in [-0.2, 0) is 14.3 Å². The first kappa shape index (κ1) is 25.2. The van der Waals surface area contributed by atoms with Crippen molar-refractivity contribution < 1.29 is 44.2 Å². The van der Waals surface area contributed by atoms with Crippen LogP contribution in [0.4, 0.5) is 0 Å². The molecule has 33 heavy (non-hydrogen) atoms. The van der Waals surface area contributed by atoms with Crippen molar-refractivity contribution in [3.63, 3.8) is 0 Å². The van der Waals surface area contributed by atoms with Crippen molar-refractivity contribution in [3.8, 4) is 11.5 Å². The Morgan fingerprint density at radius 3 is 2.70 bits per heavy atom. The summed E-state index contributed by atoms with van der Waals surface area (Å²) in [4.78, 5) is 25.4. The molecular formula is C24H32O9. The highest BCUT2D eigenvalue weighted by atomic mass is 16.8. The Balaban J connectivity index is 1.67. The number of rotatable bonds is 7. The third-order valence-electron chi connectivity index (χ3n) is 6.28. The molecule has 2 aliphatic heterocycles. The fourth-order valence-electron chi connectivity index (χ4n) is 3.97. The van der Waals surface area contributed by atoms with E-state index in [1.807, 2.05) is 13.0 Å². The first-order chi connectivity index (χ1) is 15.3. The molecule has 1 aromatic carbocycles. The average Bonchev–Trinajstić information content (AvgIpc) is 2.90. The van der Waals surface area contributed by atoms with Crippen LogP contribution in [0.1, 0.15) is 70.2 Å². The van der Waals surface area contributed by atoms with E-state index in [-0.39, 0.29) is 23.5 Å². The number of phenolic OH excluding ortho intramolecular Hbond substituents is 1. The van der Waals surface area contributed by atoms with Gasteiger partial charge < -0.3 is 34.6 Å². The minimum Gasteiger partial charge on any atom is -0.508 e. The summed E-state index contributed by atoms with van der Waals surface area (Å²) in [6.07, 6.45) is 1.55. The largest absolute Gasteiger partial charge is 0.508 e. The van der Waals surface area contributed by atoms with Crippen LogP contribution in [0, 0.1) is 0 Å². The van der Waals surface area contributed by atoms with Gasteiger partial charge in [0.1, 0.15) is 17.1 Å². The Labute approximate surface area is 192 Å². The number of aliphatic hydroxyl groups is 3. The molecule has 1 saturated heterocycles. The number of fused-ring (bicyclic) bond motifs is 1. The zero-order chi connectivity index (χ0) is 24.6. The van der Waals surface area contributed by atoms with Crippen LogP contribution >= 0.6 is 0 Å². The first-order valence-electron chi connectivity index (χ1n) is 11.0. The highest BCUT2D eigenvalue weighted by Gasteiger charge is 2.62. The lowest BCUT2D eigenvalue weighted by Gasteiger charge is -2.30. The van der Waals surface area contributed by atoms with Gasteiger partial charge in [-0.25, -0.2) is 9.59 Å². The maximum absolute atomic E-state index is 12.8. The fourth-order valence-corrected chi connectivity index (χ4v) is 3.97. The molecule has 9 heteroatoms. The molecule has 0 bridgehead atoms. The molecule has 0 saturated carbocycles. The third-order valence-corrected chi connectivity index (χ3v) is 6.28. The van der Waals surface area contributed by atoms with E-state index < -0.39 is 41.1 Å². The molecule has 1 aromatic rings. The monoisotopic (exact) mass is 464 g/mol. The van der Waals surface area contributed by atoms with Crippen molar-refractivity contribution in [1.82, 2.24) is 0 Å². The molecule has 3 rings (SSSR count). The summed E-state index contributed by atoms with van der Waals surface area (Å²) in [6, 6.07) is 3.70. The normalized spacial score (nSPS) is 28.8. The number of hydrogen-bond donors (Lipinski definition) is 4. The lowest BCUT2D eigenvalue weighted by atomic mass is 9.91. The molecule has 4 N–H and O–H groups in total. The van der Waals surface area contributed by atoms with E-state index in [4.69, 9.17) is 14.2 Å². The predicted octanol–water partition coefficient (Wildman–Crippen LogP) is 2.34. The zero-order valence-corrected chi connectivity index (χ0v) is 19.3. The number of phenols is 1. The summed E-state index contributed by atoms with van der Waals surface area (Å²) < 4.78 is 16.6. The minimum absolute atomic E-state index is 0.0310. The lowest BCUT2D eigenvalue weighted by molar-refractivity contribution is -0.230. The molecule has 1 fully saturated rings. The highest BCUT2D eigenvalue weighted by Crippen LogP contribution is 2.45. The maximum Gasteiger partial charge on any atom is 0.385 e. The van der Waals surface area contributed by atoms with Crippen LogP contribution in [0.25, 0.3) is 0 Å². The molecule has 4 atom stereocenters. The molecule has 1 spiro atoms. The van der Waals surface area contributed by atoms with Gasteiger partial charge in [0, 0.05) is 6.07 Å². The molecule has 0 amide bonds. The Bertz CT molecular complexity index is 948. The number of carbonyl (C=O) groups excluding carboxylic acids is 2. The number of carbonyl (C=O) groups is 2. The molecule has 0 radical (unpaired) electrons. The van der Waals surface area contributed by atoms with E-state index >= 15 is 0 Å². The molecule has 2 heterocycles. The average molecular weight is 465 g/mol. The van der Waals surface area contributed by atoms with Gasteiger partial charge in [-0.05, 0) is 65.5 Å². The quantitative estimate of drug-likeness (QED) is 0.272. The molecule has 0 aromatic heterocycles. The lowest BCUT2D eigenvalue weighted by Crippen LogP contribution is -2.46. The van der Waals surface area contributed by atoms with Crippen LogP contribution < -0.4 is 4.74 Å². The zero-order valence-electron chi connectivity index (χ0n) is 19.3. The third kappa shape index (κ3) is 5.38. The van der Waals surface area contributed by atoms with Gasteiger partial charge in [-0.2, -0.15) is 0 Å². The summed E-state index contributed by atoms with van der Waals surface area (Å²) in [5, 5.41) is 40.1. The van der Waals surface area contributed by atoms with E-state index in [1.54, 1.807) is 20.8 Å². The Kier molecular flexibility index (Phi) is 6.91.